The number of esters is 1. The highest BCUT2D eigenvalue weighted by atomic mass is 16.5. The highest BCUT2D eigenvalue weighted by Gasteiger charge is 2.26. The van der Waals surface area contributed by atoms with Crippen LogP contribution in [0.2, 0.25) is 0 Å². The van der Waals surface area contributed by atoms with E-state index in [1.165, 1.54) is 7.11 Å². The summed E-state index contributed by atoms with van der Waals surface area (Å²) in [6, 6.07) is 4.65. The lowest BCUT2D eigenvalue weighted by molar-refractivity contribution is -0.146. The Hall–Kier alpha value is -2.08. The van der Waals surface area contributed by atoms with Crippen LogP contribution in [-0.4, -0.2) is 18.1 Å². The molecule has 1 aromatic heterocycles. The maximum absolute atomic E-state index is 11.6. The number of nitrogens with one attached hydrogen (secondary N) is 1. The summed E-state index contributed by atoms with van der Waals surface area (Å²) in [5, 5.41) is 0. The molecule has 6 nitrogen and oxygen atoms in total. The molecule has 2 unspecified atom stereocenters. The number of aromatic amines is 1. The Kier molecular flexibility index (Phi) is 3.71. The second kappa shape index (κ2) is 5.27. The van der Waals surface area contributed by atoms with Crippen LogP contribution < -0.4 is 11.5 Å². The van der Waals surface area contributed by atoms with Crippen molar-refractivity contribution >= 4 is 17.1 Å². The number of carbonyl (C=O) groups is 1. The van der Waals surface area contributed by atoms with Gasteiger partial charge in [-0.3, -0.25) is 9.78 Å². The van der Waals surface area contributed by atoms with Gasteiger partial charge in [0.25, 0.3) is 0 Å². The van der Waals surface area contributed by atoms with Gasteiger partial charge in [0.15, 0.2) is 5.58 Å². The number of aromatic nitrogens is 1. The number of oxazole rings is 1. The molecule has 0 fully saturated rings. The Morgan fingerprint density at radius 2 is 2.26 bits per heavy atom. The molecule has 0 saturated heterocycles. The molecule has 0 aliphatic carbocycles. The maximum atomic E-state index is 11.6. The minimum atomic E-state index is -0.513. The summed E-state index contributed by atoms with van der Waals surface area (Å²) >= 11 is 0. The minimum Gasteiger partial charge on any atom is -0.469 e. The minimum absolute atomic E-state index is 0.342. The topological polar surface area (TPSA) is 98.3 Å². The van der Waals surface area contributed by atoms with Gasteiger partial charge in [0, 0.05) is 6.04 Å². The molecule has 2 aromatic rings. The predicted molar refractivity (Wildman–Crippen MR) is 69.6 cm³/mol. The highest BCUT2D eigenvalue weighted by molar-refractivity contribution is 5.75. The van der Waals surface area contributed by atoms with Crippen LogP contribution in [0.3, 0.4) is 0 Å². The van der Waals surface area contributed by atoms with Crippen LogP contribution in [0.4, 0.5) is 0 Å². The molecule has 0 saturated carbocycles. The third-order valence-corrected chi connectivity index (χ3v) is 3.21. The fourth-order valence-corrected chi connectivity index (χ4v) is 2.12. The summed E-state index contributed by atoms with van der Waals surface area (Å²) in [5.74, 6) is -1.28. The molecule has 0 aliphatic rings. The molecular formula is C13H16N2O4. The number of carbonyl (C=O) groups excluding carboxylic acids is 1. The Morgan fingerprint density at radius 3 is 2.89 bits per heavy atom. The van der Waals surface area contributed by atoms with E-state index >= 15 is 0 Å². The Bertz CT molecular complexity index is 643. The van der Waals surface area contributed by atoms with Crippen molar-refractivity contribution in [2.24, 2.45) is 11.7 Å². The van der Waals surface area contributed by atoms with Gasteiger partial charge in [-0.1, -0.05) is 13.0 Å². The lowest BCUT2D eigenvalue weighted by Gasteiger charge is -2.20. The average molecular weight is 264 g/mol. The van der Waals surface area contributed by atoms with Crippen LogP contribution in [0.25, 0.3) is 11.1 Å². The lowest BCUT2D eigenvalue weighted by atomic mass is 9.91. The van der Waals surface area contributed by atoms with Crippen LogP contribution in [0.15, 0.2) is 27.4 Å². The van der Waals surface area contributed by atoms with E-state index in [4.69, 9.17) is 14.9 Å². The number of hydrogen-bond acceptors (Lipinski definition) is 5. The molecule has 1 aromatic carbocycles. The van der Waals surface area contributed by atoms with Gasteiger partial charge in [0.1, 0.15) is 0 Å². The second-order valence-electron chi connectivity index (χ2n) is 4.33. The summed E-state index contributed by atoms with van der Waals surface area (Å²) in [5.41, 5.74) is 7.85. The first-order chi connectivity index (χ1) is 9.06. The van der Waals surface area contributed by atoms with Crippen molar-refractivity contribution in [3.63, 3.8) is 0 Å². The number of ether oxygens (including phenoxy) is 1. The smallest absolute Gasteiger partial charge is 0.417 e. The van der Waals surface area contributed by atoms with Crippen molar-refractivity contribution in [3.8, 4) is 0 Å². The first-order valence-corrected chi connectivity index (χ1v) is 6.03. The summed E-state index contributed by atoms with van der Waals surface area (Å²) < 4.78 is 9.71. The van der Waals surface area contributed by atoms with Crippen molar-refractivity contribution in [2.45, 2.75) is 19.4 Å². The van der Waals surface area contributed by atoms with Crippen molar-refractivity contribution in [1.82, 2.24) is 4.98 Å². The Morgan fingerprint density at radius 1 is 1.53 bits per heavy atom. The van der Waals surface area contributed by atoms with Gasteiger partial charge in [0.05, 0.1) is 18.5 Å². The van der Waals surface area contributed by atoms with E-state index in [0.29, 0.717) is 17.5 Å². The first-order valence-electron chi connectivity index (χ1n) is 6.03. The molecule has 2 rings (SSSR count). The van der Waals surface area contributed by atoms with Crippen molar-refractivity contribution < 1.29 is 13.9 Å². The van der Waals surface area contributed by atoms with Gasteiger partial charge >= 0.3 is 11.7 Å². The standard InChI is InChI=1S/C13H16N2O4/c1-3-8(12(16)18-2)11(14)7-4-5-9-10(6-7)19-13(17)15-9/h4-6,8,11H,3,14H2,1-2H3,(H,15,17). The number of benzene rings is 1. The van der Waals surface area contributed by atoms with Crippen molar-refractivity contribution in [1.29, 1.82) is 0 Å². The van der Waals surface area contributed by atoms with Crippen LogP contribution in [0.5, 0.6) is 0 Å². The lowest BCUT2D eigenvalue weighted by Crippen LogP contribution is -2.28. The molecule has 0 amide bonds. The van der Waals surface area contributed by atoms with E-state index in [2.05, 4.69) is 4.98 Å². The van der Waals surface area contributed by atoms with E-state index in [9.17, 15) is 9.59 Å². The number of rotatable bonds is 4. The zero-order valence-corrected chi connectivity index (χ0v) is 10.8. The van der Waals surface area contributed by atoms with Crippen LogP contribution in [0, 0.1) is 5.92 Å². The molecule has 0 spiro atoms. The summed E-state index contributed by atoms with van der Waals surface area (Å²) in [6.45, 7) is 1.87. The third kappa shape index (κ3) is 2.53. The maximum Gasteiger partial charge on any atom is 0.417 e. The predicted octanol–water partition coefficient (Wildman–Crippen LogP) is 1.32. The molecule has 0 radical (unpaired) electrons. The van der Waals surface area contributed by atoms with Crippen LogP contribution >= 0.6 is 0 Å². The number of fused-ring (bicyclic) bond motifs is 1. The molecule has 6 heteroatoms. The number of methoxy groups -OCH3 is 1. The van der Waals surface area contributed by atoms with E-state index in [-0.39, 0.29) is 5.97 Å². The Labute approximate surface area is 109 Å². The fraction of sp³-hybridized carbons (Fsp3) is 0.385. The van der Waals surface area contributed by atoms with Crippen molar-refractivity contribution in [3.05, 3.63) is 34.3 Å². The molecule has 0 bridgehead atoms. The first kappa shape index (κ1) is 13.4. The third-order valence-electron chi connectivity index (χ3n) is 3.21. The largest absolute Gasteiger partial charge is 0.469 e. The summed E-state index contributed by atoms with van der Waals surface area (Å²) in [7, 11) is 1.34. The SMILES string of the molecule is CCC(C(=O)OC)C(N)c1ccc2[nH]c(=O)oc2c1. The quantitative estimate of drug-likeness (QED) is 0.811. The van der Waals surface area contributed by atoms with Gasteiger partial charge in [-0.2, -0.15) is 0 Å². The number of nitrogens with two attached hydrogens (primary N) is 1. The number of H-pyrrole nitrogens is 1. The number of hydrogen-bond donors (Lipinski definition) is 2. The van der Waals surface area contributed by atoms with Crippen molar-refractivity contribution in [2.75, 3.05) is 7.11 Å². The molecule has 1 heterocycles. The summed E-state index contributed by atoms with van der Waals surface area (Å²) in [6.07, 6.45) is 0.572. The molecule has 102 valence electrons. The molecular weight excluding hydrogens is 248 g/mol. The average Bonchev–Trinajstić information content (AvgIpc) is 2.77. The molecule has 3 N–H and O–H groups in total. The fourth-order valence-electron chi connectivity index (χ4n) is 2.12. The van der Waals surface area contributed by atoms with E-state index < -0.39 is 17.7 Å². The second-order valence-corrected chi connectivity index (χ2v) is 4.33. The van der Waals surface area contributed by atoms with E-state index in [1.807, 2.05) is 6.92 Å². The van der Waals surface area contributed by atoms with Gasteiger partial charge in [0.2, 0.25) is 0 Å². The zero-order chi connectivity index (χ0) is 14.0. The van der Waals surface area contributed by atoms with E-state index in [0.717, 1.165) is 5.56 Å². The van der Waals surface area contributed by atoms with Gasteiger partial charge in [-0.15, -0.1) is 0 Å². The van der Waals surface area contributed by atoms with Gasteiger partial charge in [-0.05, 0) is 24.1 Å². The monoisotopic (exact) mass is 264 g/mol. The molecule has 0 aliphatic heterocycles. The normalized spacial score (nSPS) is 14.3. The van der Waals surface area contributed by atoms with Crippen LogP contribution in [0.1, 0.15) is 24.9 Å². The van der Waals surface area contributed by atoms with Crippen LogP contribution in [-0.2, 0) is 9.53 Å². The zero-order valence-electron chi connectivity index (χ0n) is 10.8. The van der Waals surface area contributed by atoms with Gasteiger partial charge < -0.3 is 14.9 Å². The Balaban J connectivity index is 2.36. The molecule has 2 atom stereocenters. The summed E-state index contributed by atoms with van der Waals surface area (Å²) in [4.78, 5) is 25.3. The van der Waals surface area contributed by atoms with E-state index in [1.54, 1.807) is 18.2 Å². The highest BCUT2D eigenvalue weighted by Crippen LogP contribution is 2.25. The molecule has 19 heavy (non-hydrogen) atoms. The van der Waals surface area contributed by atoms with Gasteiger partial charge in [-0.25, -0.2) is 4.79 Å².